The van der Waals surface area contributed by atoms with Crippen LogP contribution in [0.1, 0.15) is 0 Å². The van der Waals surface area contributed by atoms with Crippen molar-refractivity contribution in [2.75, 3.05) is 23.4 Å². The van der Waals surface area contributed by atoms with Crippen LogP contribution in [0.3, 0.4) is 0 Å². The van der Waals surface area contributed by atoms with Gasteiger partial charge in [0.1, 0.15) is 5.75 Å². The number of methoxy groups -OCH3 is 1. The average molecular weight is 294 g/mol. The highest BCUT2D eigenvalue weighted by Gasteiger charge is 2.04. The lowest BCUT2D eigenvalue weighted by molar-refractivity contribution is 0.415. The van der Waals surface area contributed by atoms with Gasteiger partial charge in [0.15, 0.2) is 11.6 Å². The van der Waals surface area contributed by atoms with Gasteiger partial charge in [-0.1, -0.05) is 0 Å². The first-order valence-electron chi connectivity index (χ1n) is 5.69. The van der Waals surface area contributed by atoms with Gasteiger partial charge in [0.2, 0.25) is 10.0 Å². The lowest BCUT2D eigenvalue weighted by atomic mass is 10.3. The van der Waals surface area contributed by atoms with E-state index < -0.39 is 10.0 Å². The molecule has 0 aliphatic rings. The third-order valence-corrected chi connectivity index (χ3v) is 2.90. The molecular weight excluding hydrogens is 280 g/mol. The molecule has 2 rings (SSSR count). The monoisotopic (exact) mass is 294 g/mol. The predicted octanol–water partition coefficient (Wildman–Crippen LogP) is 1.60. The minimum Gasteiger partial charge on any atom is -0.497 e. The highest BCUT2D eigenvalue weighted by molar-refractivity contribution is 7.92. The molecule has 0 spiro atoms. The third-order valence-electron chi connectivity index (χ3n) is 2.32. The first-order valence-corrected chi connectivity index (χ1v) is 7.58. The average Bonchev–Trinajstić information content (AvgIpc) is 2.40. The topological polar surface area (TPSA) is 93.2 Å². The van der Waals surface area contributed by atoms with E-state index in [1.54, 1.807) is 13.2 Å². The van der Waals surface area contributed by atoms with Gasteiger partial charge in [0, 0.05) is 5.69 Å². The molecule has 0 aliphatic heterocycles. The molecule has 0 aliphatic carbocycles. The fourth-order valence-corrected chi connectivity index (χ4v) is 1.95. The molecule has 8 heteroatoms. The number of nitrogens with zero attached hydrogens (tertiary/aromatic N) is 2. The summed E-state index contributed by atoms with van der Waals surface area (Å²) < 4.78 is 29.4. The molecule has 0 fully saturated rings. The Kier molecular flexibility index (Phi) is 4.04. The molecule has 7 nitrogen and oxygen atoms in total. The molecule has 2 N–H and O–H groups in total. The smallest absolute Gasteiger partial charge is 0.231 e. The summed E-state index contributed by atoms with van der Waals surface area (Å²) in [6, 6.07) is 10.5. The van der Waals surface area contributed by atoms with Crippen LogP contribution in [0.5, 0.6) is 5.75 Å². The Hall–Kier alpha value is -2.35. The molecule has 2 aromatic rings. The maximum absolute atomic E-state index is 11.0. The van der Waals surface area contributed by atoms with Crippen LogP contribution in [-0.2, 0) is 10.0 Å². The molecule has 0 bridgehead atoms. The van der Waals surface area contributed by atoms with Crippen molar-refractivity contribution in [1.29, 1.82) is 0 Å². The third kappa shape index (κ3) is 4.09. The molecule has 106 valence electrons. The number of hydrogen-bond donors (Lipinski definition) is 2. The van der Waals surface area contributed by atoms with Crippen LogP contribution >= 0.6 is 0 Å². The molecule has 20 heavy (non-hydrogen) atoms. The van der Waals surface area contributed by atoms with Crippen molar-refractivity contribution in [3.63, 3.8) is 0 Å². The van der Waals surface area contributed by atoms with Crippen LogP contribution in [0.25, 0.3) is 0 Å². The number of ether oxygens (including phenoxy) is 1. The summed E-state index contributed by atoms with van der Waals surface area (Å²) in [7, 11) is -1.74. The lowest BCUT2D eigenvalue weighted by Crippen LogP contribution is -2.11. The van der Waals surface area contributed by atoms with E-state index in [1.165, 1.54) is 6.07 Å². The Bertz CT molecular complexity index is 669. The van der Waals surface area contributed by atoms with Crippen molar-refractivity contribution in [3.05, 3.63) is 36.4 Å². The number of sulfonamides is 1. The van der Waals surface area contributed by atoms with Crippen LogP contribution in [0, 0.1) is 0 Å². The molecule has 0 unspecified atom stereocenters. The Morgan fingerprint density at radius 3 is 2.10 bits per heavy atom. The summed E-state index contributed by atoms with van der Waals surface area (Å²) in [6.07, 6.45) is 1.05. The van der Waals surface area contributed by atoms with Crippen molar-refractivity contribution in [3.8, 4) is 5.75 Å². The van der Waals surface area contributed by atoms with Gasteiger partial charge < -0.3 is 10.1 Å². The van der Waals surface area contributed by atoms with E-state index in [4.69, 9.17) is 4.74 Å². The molecule has 0 radical (unpaired) electrons. The van der Waals surface area contributed by atoms with Crippen LogP contribution in [0.2, 0.25) is 0 Å². The molecule has 0 atom stereocenters. The number of rotatable bonds is 5. The zero-order chi connectivity index (χ0) is 14.6. The van der Waals surface area contributed by atoms with Gasteiger partial charge in [-0.15, -0.1) is 10.2 Å². The fraction of sp³-hybridized carbons (Fsp3) is 0.167. The van der Waals surface area contributed by atoms with Crippen molar-refractivity contribution < 1.29 is 13.2 Å². The molecule has 1 heterocycles. The number of aromatic nitrogens is 2. The first-order chi connectivity index (χ1) is 9.46. The summed E-state index contributed by atoms with van der Waals surface area (Å²) in [4.78, 5) is 0. The van der Waals surface area contributed by atoms with E-state index in [0.717, 1.165) is 17.7 Å². The normalized spacial score (nSPS) is 10.9. The Balaban J connectivity index is 2.06. The second-order valence-electron chi connectivity index (χ2n) is 4.03. The quantitative estimate of drug-likeness (QED) is 0.870. The van der Waals surface area contributed by atoms with Gasteiger partial charge >= 0.3 is 0 Å². The van der Waals surface area contributed by atoms with Crippen LogP contribution in [-0.4, -0.2) is 32.0 Å². The van der Waals surface area contributed by atoms with Crippen LogP contribution in [0.4, 0.5) is 17.3 Å². The number of benzene rings is 1. The summed E-state index contributed by atoms with van der Waals surface area (Å²) in [5, 5.41) is 10.7. The van der Waals surface area contributed by atoms with Gasteiger partial charge in [-0.2, -0.15) is 0 Å². The van der Waals surface area contributed by atoms with Gasteiger partial charge in [-0.25, -0.2) is 8.42 Å². The van der Waals surface area contributed by atoms with E-state index in [-0.39, 0.29) is 5.82 Å². The summed E-state index contributed by atoms with van der Waals surface area (Å²) in [5.41, 5.74) is 0.823. The number of hydrogen-bond acceptors (Lipinski definition) is 6. The summed E-state index contributed by atoms with van der Waals surface area (Å²) in [6.45, 7) is 0. The number of anilines is 3. The predicted molar refractivity (Wildman–Crippen MR) is 76.8 cm³/mol. The Morgan fingerprint density at radius 1 is 1.00 bits per heavy atom. The van der Waals surface area contributed by atoms with E-state index in [2.05, 4.69) is 20.2 Å². The van der Waals surface area contributed by atoms with E-state index in [1.807, 2.05) is 24.3 Å². The first kappa shape index (κ1) is 14.1. The SMILES string of the molecule is COc1ccc(Nc2ccc(NS(C)(=O)=O)nn2)cc1. The second kappa shape index (κ2) is 5.74. The molecular formula is C12H14N4O3S. The summed E-state index contributed by atoms with van der Waals surface area (Å²) in [5.74, 6) is 1.44. The van der Waals surface area contributed by atoms with E-state index >= 15 is 0 Å². The fourth-order valence-electron chi connectivity index (χ4n) is 1.47. The molecule has 0 saturated carbocycles. The van der Waals surface area contributed by atoms with Gasteiger partial charge in [-0.3, -0.25) is 4.72 Å². The van der Waals surface area contributed by atoms with Crippen molar-refractivity contribution in [2.45, 2.75) is 0 Å². The molecule has 1 aromatic carbocycles. The summed E-state index contributed by atoms with van der Waals surface area (Å²) >= 11 is 0. The van der Waals surface area contributed by atoms with Crippen LogP contribution in [0.15, 0.2) is 36.4 Å². The molecule has 1 aromatic heterocycles. The minimum atomic E-state index is -3.34. The highest BCUT2D eigenvalue weighted by atomic mass is 32.2. The maximum Gasteiger partial charge on any atom is 0.231 e. The standard InChI is InChI=1S/C12H14N4O3S/c1-19-10-5-3-9(4-6-10)13-11-7-8-12(15-14-11)16-20(2,17)18/h3-8H,1-2H3,(H,13,14)(H,15,16). The van der Waals surface area contributed by atoms with Crippen LogP contribution < -0.4 is 14.8 Å². The minimum absolute atomic E-state index is 0.174. The second-order valence-corrected chi connectivity index (χ2v) is 5.78. The van der Waals surface area contributed by atoms with Gasteiger partial charge in [0.05, 0.1) is 13.4 Å². The maximum atomic E-state index is 11.0. The van der Waals surface area contributed by atoms with Crippen molar-refractivity contribution in [2.24, 2.45) is 0 Å². The van der Waals surface area contributed by atoms with Gasteiger partial charge in [-0.05, 0) is 36.4 Å². The van der Waals surface area contributed by atoms with Crippen molar-refractivity contribution >= 4 is 27.3 Å². The zero-order valence-corrected chi connectivity index (χ0v) is 11.8. The highest BCUT2D eigenvalue weighted by Crippen LogP contribution is 2.18. The van der Waals surface area contributed by atoms with Gasteiger partial charge in [0.25, 0.3) is 0 Å². The Labute approximate surface area is 117 Å². The van der Waals surface area contributed by atoms with E-state index in [9.17, 15) is 8.42 Å². The number of nitrogens with one attached hydrogen (secondary N) is 2. The van der Waals surface area contributed by atoms with Crippen molar-refractivity contribution in [1.82, 2.24) is 10.2 Å². The molecule has 0 amide bonds. The molecule has 0 saturated heterocycles. The lowest BCUT2D eigenvalue weighted by Gasteiger charge is -2.07. The largest absolute Gasteiger partial charge is 0.497 e. The Morgan fingerprint density at radius 2 is 1.60 bits per heavy atom. The zero-order valence-electron chi connectivity index (χ0n) is 11.0. The van der Waals surface area contributed by atoms with E-state index in [0.29, 0.717) is 5.82 Å².